The highest BCUT2D eigenvalue weighted by Crippen LogP contribution is 2.40. The van der Waals surface area contributed by atoms with E-state index in [1.807, 2.05) is 6.07 Å². The van der Waals surface area contributed by atoms with Crippen molar-refractivity contribution >= 4 is 23.7 Å². The third kappa shape index (κ3) is 4.13. The second kappa shape index (κ2) is 8.66. The summed E-state index contributed by atoms with van der Waals surface area (Å²) in [6.07, 6.45) is 12.9. The van der Waals surface area contributed by atoms with Crippen molar-refractivity contribution in [1.29, 1.82) is 5.41 Å². The van der Waals surface area contributed by atoms with Crippen molar-refractivity contribution in [2.45, 2.75) is 44.6 Å². The van der Waals surface area contributed by atoms with Crippen LogP contribution in [0.1, 0.15) is 49.7 Å². The first kappa shape index (κ1) is 19.5. The molecular formula is C22H28N6O. The third-order valence-electron chi connectivity index (χ3n) is 6.04. The number of hydrogen-bond acceptors (Lipinski definition) is 6. The largest absolute Gasteiger partial charge is 0.377 e. The summed E-state index contributed by atoms with van der Waals surface area (Å²) in [7, 11) is 0. The quantitative estimate of drug-likeness (QED) is 0.533. The monoisotopic (exact) mass is 392 g/mol. The maximum Gasteiger partial charge on any atom is 0.143 e. The number of ether oxygens (including phenoxy) is 1. The molecule has 7 heteroatoms. The summed E-state index contributed by atoms with van der Waals surface area (Å²) in [6.45, 7) is 4.36. The van der Waals surface area contributed by atoms with E-state index < -0.39 is 0 Å². The average molecular weight is 393 g/mol. The van der Waals surface area contributed by atoms with Crippen LogP contribution < -0.4 is 10.2 Å². The Kier molecular flexibility index (Phi) is 5.81. The number of rotatable bonds is 5. The lowest BCUT2D eigenvalue weighted by atomic mass is 9.78. The summed E-state index contributed by atoms with van der Waals surface area (Å²) >= 11 is 0. The van der Waals surface area contributed by atoms with Crippen molar-refractivity contribution in [2.24, 2.45) is 5.92 Å². The van der Waals surface area contributed by atoms with E-state index in [9.17, 15) is 0 Å². The van der Waals surface area contributed by atoms with Gasteiger partial charge < -0.3 is 20.4 Å². The molecule has 0 aromatic carbocycles. The smallest absolute Gasteiger partial charge is 0.143 e. The predicted molar refractivity (Wildman–Crippen MR) is 115 cm³/mol. The number of hydrogen-bond donors (Lipinski definition) is 3. The summed E-state index contributed by atoms with van der Waals surface area (Å²) in [5, 5.41) is 18.4. The first-order valence-corrected chi connectivity index (χ1v) is 10.3. The van der Waals surface area contributed by atoms with Gasteiger partial charge in [0.2, 0.25) is 0 Å². The third-order valence-corrected chi connectivity index (χ3v) is 6.04. The van der Waals surface area contributed by atoms with Crippen LogP contribution in [0.2, 0.25) is 0 Å². The number of pyridine rings is 1. The van der Waals surface area contributed by atoms with Crippen molar-refractivity contribution in [3.05, 3.63) is 29.5 Å². The van der Waals surface area contributed by atoms with Crippen LogP contribution >= 0.6 is 0 Å². The summed E-state index contributed by atoms with van der Waals surface area (Å²) in [4.78, 5) is 7.20. The number of aromatic amines is 1. The number of aromatic nitrogens is 3. The van der Waals surface area contributed by atoms with Crippen LogP contribution in [0.5, 0.6) is 0 Å². The number of H-pyrrole nitrogens is 1. The van der Waals surface area contributed by atoms with Crippen molar-refractivity contribution < 1.29 is 4.74 Å². The van der Waals surface area contributed by atoms with Gasteiger partial charge in [-0.2, -0.15) is 5.10 Å². The summed E-state index contributed by atoms with van der Waals surface area (Å²) in [6, 6.07) is 4.30. The highest BCUT2D eigenvalue weighted by atomic mass is 16.5. The molecule has 4 rings (SSSR count). The molecule has 2 aromatic rings. The zero-order valence-corrected chi connectivity index (χ0v) is 16.8. The minimum absolute atomic E-state index is 0.257. The maximum absolute atomic E-state index is 8.11. The fourth-order valence-electron chi connectivity index (χ4n) is 4.38. The Bertz CT molecular complexity index is 879. The zero-order valence-electron chi connectivity index (χ0n) is 16.8. The normalized spacial score (nSPS) is 24.7. The number of nitrogens with one attached hydrogen (secondary N) is 3. The van der Waals surface area contributed by atoms with Crippen molar-refractivity contribution in [1.82, 2.24) is 15.2 Å². The SMILES string of the molecule is C#CC1CCC(c2cc(N3CCOC[C@H]3C)nc(Nc3ccn[nH]3)c2C=N)CC1. The predicted octanol–water partition coefficient (Wildman–Crippen LogP) is 3.68. The molecule has 152 valence electrons. The molecule has 0 unspecified atom stereocenters. The lowest BCUT2D eigenvalue weighted by molar-refractivity contribution is 0.0985. The summed E-state index contributed by atoms with van der Waals surface area (Å²) in [5.41, 5.74) is 2.02. The van der Waals surface area contributed by atoms with Gasteiger partial charge in [-0.15, -0.1) is 12.3 Å². The molecule has 1 saturated carbocycles. The van der Waals surface area contributed by atoms with Gasteiger partial charge in [-0.25, -0.2) is 4.98 Å². The Labute approximate surface area is 171 Å². The second-order valence-electron chi connectivity index (χ2n) is 7.90. The van der Waals surface area contributed by atoms with E-state index >= 15 is 0 Å². The Morgan fingerprint density at radius 1 is 1.38 bits per heavy atom. The lowest BCUT2D eigenvalue weighted by Gasteiger charge is -2.36. The highest BCUT2D eigenvalue weighted by Gasteiger charge is 2.28. The average Bonchev–Trinajstić information content (AvgIpc) is 3.27. The molecule has 29 heavy (non-hydrogen) atoms. The molecule has 0 amide bonds. The van der Waals surface area contributed by atoms with Crippen molar-refractivity contribution in [3.63, 3.8) is 0 Å². The molecule has 1 atom stereocenters. The molecule has 0 radical (unpaired) electrons. The van der Waals surface area contributed by atoms with Crippen LogP contribution in [0.4, 0.5) is 17.5 Å². The van der Waals surface area contributed by atoms with Crippen LogP contribution in [0.15, 0.2) is 18.3 Å². The van der Waals surface area contributed by atoms with E-state index in [0.717, 1.165) is 49.4 Å². The number of nitrogens with zero attached hydrogens (tertiary/aromatic N) is 3. The van der Waals surface area contributed by atoms with E-state index in [4.69, 9.17) is 21.6 Å². The molecule has 0 spiro atoms. The van der Waals surface area contributed by atoms with E-state index in [0.29, 0.717) is 30.9 Å². The topological polar surface area (TPSA) is 89.9 Å². The van der Waals surface area contributed by atoms with Crippen molar-refractivity contribution in [2.75, 3.05) is 30.0 Å². The molecule has 1 saturated heterocycles. The Balaban J connectivity index is 1.74. The molecule has 2 aromatic heterocycles. The molecule has 2 fully saturated rings. The van der Waals surface area contributed by atoms with Gasteiger partial charge in [-0.3, -0.25) is 5.10 Å². The van der Waals surface area contributed by atoms with Crippen LogP contribution in [-0.4, -0.2) is 47.2 Å². The lowest BCUT2D eigenvalue weighted by Crippen LogP contribution is -2.44. The first-order chi connectivity index (χ1) is 14.2. The first-order valence-electron chi connectivity index (χ1n) is 10.3. The summed E-state index contributed by atoms with van der Waals surface area (Å²) in [5.74, 6) is 6.05. The zero-order chi connectivity index (χ0) is 20.2. The van der Waals surface area contributed by atoms with Gasteiger partial charge in [0.1, 0.15) is 17.5 Å². The molecule has 1 aliphatic heterocycles. The molecule has 0 bridgehead atoms. The van der Waals surface area contributed by atoms with Gasteiger partial charge in [-0.1, -0.05) is 0 Å². The van der Waals surface area contributed by atoms with E-state index in [-0.39, 0.29) is 6.04 Å². The molecule has 2 aliphatic rings. The van der Waals surface area contributed by atoms with Gasteiger partial charge in [0.25, 0.3) is 0 Å². The summed E-state index contributed by atoms with van der Waals surface area (Å²) < 4.78 is 5.61. The minimum Gasteiger partial charge on any atom is -0.377 e. The van der Waals surface area contributed by atoms with Crippen LogP contribution in [0.3, 0.4) is 0 Å². The Hall–Kier alpha value is -2.85. The number of terminal acetylenes is 1. The molecule has 7 nitrogen and oxygen atoms in total. The van der Waals surface area contributed by atoms with Crippen LogP contribution in [0.25, 0.3) is 0 Å². The minimum atomic E-state index is 0.257. The number of anilines is 3. The van der Waals surface area contributed by atoms with Crippen LogP contribution in [0, 0.1) is 23.7 Å². The molecule has 1 aliphatic carbocycles. The molecular weight excluding hydrogens is 364 g/mol. The Morgan fingerprint density at radius 3 is 2.86 bits per heavy atom. The fraction of sp³-hybridized carbons (Fsp3) is 0.500. The van der Waals surface area contributed by atoms with E-state index in [1.165, 1.54) is 11.8 Å². The van der Waals surface area contributed by atoms with Crippen molar-refractivity contribution in [3.8, 4) is 12.3 Å². The van der Waals surface area contributed by atoms with E-state index in [2.05, 4.69) is 39.3 Å². The van der Waals surface area contributed by atoms with Gasteiger partial charge in [0, 0.05) is 30.3 Å². The maximum atomic E-state index is 8.11. The van der Waals surface area contributed by atoms with Crippen LogP contribution in [-0.2, 0) is 4.74 Å². The van der Waals surface area contributed by atoms with Gasteiger partial charge in [-0.05, 0) is 50.2 Å². The highest BCUT2D eigenvalue weighted by molar-refractivity contribution is 5.88. The Morgan fingerprint density at radius 2 is 2.21 bits per heavy atom. The van der Waals surface area contributed by atoms with Gasteiger partial charge >= 0.3 is 0 Å². The van der Waals surface area contributed by atoms with E-state index in [1.54, 1.807) is 6.20 Å². The standard InChI is InChI=1S/C22H28N6O/c1-3-16-4-6-17(7-5-16)18-12-21(28-10-11-29-14-15(28)2)26-22(19(18)13-23)25-20-8-9-24-27-20/h1,8-9,12-13,15-17,23H,4-7,10-11,14H2,2H3,(H2,24,25,26,27)/t15-,16?,17?/m1/s1. The molecule has 3 N–H and O–H groups in total. The van der Waals surface area contributed by atoms with Gasteiger partial charge in [0.05, 0.1) is 25.5 Å². The second-order valence-corrected chi connectivity index (χ2v) is 7.90. The molecule has 3 heterocycles. The van der Waals surface area contributed by atoms with Gasteiger partial charge in [0.15, 0.2) is 0 Å². The number of morpholine rings is 1. The fourth-order valence-corrected chi connectivity index (χ4v) is 4.38.